The third-order valence-electron chi connectivity index (χ3n) is 2.88. The number of ether oxygens (including phenoxy) is 2. The summed E-state index contributed by atoms with van der Waals surface area (Å²) in [6, 6.07) is 5.99. The van der Waals surface area contributed by atoms with Crippen molar-refractivity contribution < 1.29 is 14.6 Å². The van der Waals surface area contributed by atoms with Gasteiger partial charge in [0.05, 0.1) is 19.3 Å². The minimum absolute atomic E-state index is 0.361. The Bertz CT molecular complexity index is 393. The summed E-state index contributed by atoms with van der Waals surface area (Å²) >= 11 is 0. The molecule has 0 saturated heterocycles. The number of hydrogen-bond donors (Lipinski definition) is 2. The zero-order valence-electron chi connectivity index (χ0n) is 11.0. The molecule has 1 aliphatic rings. The molecule has 18 heavy (non-hydrogen) atoms. The van der Waals surface area contributed by atoms with Gasteiger partial charge in [-0.15, -0.1) is 0 Å². The van der Waals surface area contributed by atoms with Crippen molar-refractivity contribution in [2.45, 2.75) is 32.4 Å². The van der Waals surface area contributed by atoms with Crippen molar-refractivity contribution in [3.8, 4) is 11.5 Å². The highest BCUT2D eigenvalue weighted by Crippen LogP contribution is 2.32. The first-order valence-corrected chi connectivity index (χ1v) is 6.48. The van der Waals surface area contributed by atoms with Gasteiger partial charge in [0.2, 0.25) is 0 Å². The molecular weight excluding hydrogens is 230 g/mol. The summed E-state index contributed by atoms with van der Waals surface area (Å²) in [6.45, 7) is 6.00. The first-order valence-electron chi connectivity index (χ1n) is 6.48. The fraction of sp³-hybridized carbons (Fsp3) is 0.571. The number of fused-ring (bicyclic) bond motifs is 1. The average Bonchev–Trinajstić information content (AvgIpc) is 2.60. The van der Waals surface area contributed by atoms with Gasteiger partial charge in [-0.3, -0.25) is 0 Å². The van der Waals surface area contributed by atoms with Crippen molar-refractivity contribution in [2.24, 2.45) is 0 Å². The van der Waals surface area contributed by atoms with Crippen molar-refractivity contribution in [3.05, 3.63) is 23.8 Å². The minimum Gasteiger partial charge on any atom is -0.490 e. The molecular formula is C14H21NO3. The molecule has 100 valence electrons. The van der Waals surface area contributed by atoms with Crippen molar-refractivity contribution in [2.75, 3.05) is 19.8 Å². The van der Waals surface area contributed by atoms with E-state index in [1.54, 1.807) is 0 Å². The summed E-state index contributed by atoms with van der Waals surface area (Å²) in [7, 11) is 0. The van der Waals surface area contributed by atoms with Crippen LogP contribution in [0.2, 0.25) is 0 Å². The van der Waals surface area contributed by atoms with Crippen LogP contribution in [-0.2, 0) is 0 Å². The average molecular weight is 251 g/mol. The molecule has 1 heterocycles. The molecule has 1 aromatic rings. The Morgan fingerprint density at radius 1 is 1.22 bits per heavy atom. The first kappa shape index (κ1) is 13.2. The molecule has 0 radical (unpaired) electrons. The smallest absolute Gasteiger partial charge is 0.161 e. The molecule has 2 N–H and O–H groups in total. The fourth-order valence-electron chi connectivity index (χ4n) is 1.85. The van der Waals surface area contributed by atoms with E-state index in [-0.39, 0.29) is 0 Å². The van der Waals surface area contributed by atoms with Crippen LogP contribution in [0.15, 0.2) is 18.2 Å². The van der Waals surface area contributed by atoms with Gasteiger partial charge in [0.1, 0.15) is 0 Å². The largest absolute Gasteiger partial charge is 0.490 e. The Hall–Kier alpha value is -1.26. The van der Waals surface area contributed by atoms with E-state index in [0.717, 1.165) is 23.5 Å². The topological polar surface area (TPSA) is 50.7 Å². The fourth-order valence-corrected chi connectivity index (χ4v) is 1.85. The Balaban J connectivity index is 2.07. The quantitative estimate of drug-likeness (QED) is 0.858. The molecule has 1 atom stereocenters. The van der Waals surface area contributed by atoms with Crippen molar-refractivity contribution in [1.82, 2.24) is 5.32 Å². The number of rotatable bonds is 4. The lowest BCUT2D eigenvalue weighted by Gasteiger charge is -2.16. The molecule has 0 aliphatic carbocycles. The maximum atomic E-state index is 10.1. The molecule has 0 saturated carbocycles. The molecule has 4 nitrogen and oxygen atoms in total. The summed E-state index contributed by atoms with van der Waals surface area (Å²) < 4.78 is 11.2. The normalized spacial score (nSPS) is 16.4. The number of aliphatic hydroxyl groups is 1. The third-order valence-corrected chi connectivity index (χ3v) is 2.88. The van der Waals surface area contributed by atoms with E-state index >= 15 is 0 Å². The molecule has 0 fully saturated rings. The van der Waals surface area contributed by atoms with Crippen LogP contribution in [0.4, 0.5) is 0 Å². The third kappa shape index (κ3) is 3.37. The Morgan fingerprint density at radius 3 is 2.67 bits per heavy atom. The molecule has 0 spiro atoms. The number of nitrogens with one attached hydrogen (secondary N) is 1. The van der Waals surface area contributed by atoms with Crippen LogP contribution in [0.3, 0.4) is 0 Å². The van der Waals surface area contributed by atoms with Gasteiger partial charge in [0.15, 0.2) is 11.5 Å². The summed E-state index contributed by atoms with van der Waals surface area (Å²) in [4.78, 5) is 0. The lowest BCUT2D eigenvalue weighted by molar-refractivity contribution is 0.171. The van der Waals surface area contributed by atoms with Gasteiger partial charge < -0.3 is 19.9 Å². The highest BCUT2D eigenvalue weighted by Gasteiger charge is 2.14. The Labute approximate surface area is 108 Å². The van der Waals surface area contributed by atoms with Crippen LogP contribution >= 0.6 is 0 Å². The van der Waals surface area contributed by atoms with Crippen LogP contribution in [0.5, 0.6) is 11.5 Å². The summed E-state index contributed by atoms with van der Waals surface area (Å²) in [5.41, 5.74) is 0.854. The van der Waals surface area contributed by atoms with Crippen LogP contribution in [0.25, 0.3) is 0 Å². The Morgan fingerprint density at radius 2 is 1.94 bits per heavy atom. The molecule has 0 aromatic heterocycles. The molecule has 0 amide bonds. The van der Waals surface area contributed by atoms with E-state index < -0.39 is 6.10 Å². The maximum absolute atomic E-state index is 10.1. The highest BCUT2D eigenvalue weighted by molar-refractivity contribution is 5.44. The summed E-state index contributed by atoms with van der Waals surface area (Å²) in [5, 5.41) is 13.3. The van der Waals surface area contributed by atoms with Crippen LogP contribution in [-0.4, -0.2) is 30.9 Å². The van der Waals surface area contributed by atoms with Gasteiger partial charge in [-0.1, -0.05) is 19.9 Å². The zero-order valence-corrected chi connectivity index (χ0v) is 11.0. The van der Waals surface area contributed by atoms with Crippen molar-refractivity contribution in [3.63, 3.8) is 0 Å². The predicted molar refractivity (Wildman–Crippen MR) is 70.1 cm³/mol. The number of aliphatic hydroxyl groups excluding tert-OH is 1. The number of hydrogen-bond acceptors (Lipinski definition) is 4. The van der Waals surface area contributed by atoms with Gasteiger partial charge in [-0.05, 0) is 17.7 Å². The van der Waals surface area contributed by atoms with Gasteiger partial charge in [0.25, 0.3) is 0 Å². The van der Waals surface area contributed by atoms with Crippen molar-refractivity contribution in [1.29, 1.82) is 0 Å². The van der Waals surface area contributed by atoms with Crippen LogP contribution < -0.4 is 14.8 Å². The second-order valence-electron chi connectivity index (χ2n) is 4.84. The van der Waals surface area contributed by atoms with Gasteiger partial charge in [0, 0.05) is 19.0 Å². The number of benzene rings is 1. The van der Waals surface area contributed by atoms with E-state index in [1.165, 1.54) is 0 Å². The second kappa shape index (κ2) is 6.07. The van der Waals surface area contributed by atoms with Crippen molar-refractivity contribution >= 4 is 0 Å². The Kier molecular flexibility index (Phi) is 4.44. The van der Waals surface area contributed by atoms with E-state index in [1.807, 2.05) is 18.2 Å². The molecule has 1 unspecified atom stereocenters. The van der Waals surface area contributed by atoms with Crippen LogP contribution in [0, 0.1) is 0 Å². The molecule has 0 bridgehead atoms. The SMILES string of the molecule is CC(C)NCC(O)c1ccc2c(c1)OCCCO2. The molecule has 4 heteroatoms. The van der Waals surface area contributed by atoms with E-state index in [0.29, 0.717) is 25.8 Å². The lowest BCUT2D eigenvalue weighted by Crippen LogP contribution is -2.27. The van der Waals surface area contributed by atoms with E-state index in [9.17, 15) is 5.11 Å². The first-order chi connectivity index (χ1) is 8.66. The second-order valence-corrected chi connectivity index (χ2v) is 4.84. The maximum Gasteiger partial charge on any atom is 0.161 e. The summed E-state index contributed by atoms with van der Waals surface area (Å²) in [6.07, 6.45) is 0.367. The van der Waals surface area contributed by atoms with Crippen LogP contribution in [0.1, 0.15) is 31.9 Å². The zero-order chi connectivity index (χ0) is 13.0. The standard InChI is InChI=1S/C14H21NO3/c1-10(2)15-9-12(16)11-4-5-13-14(8-11)18-7-3-6-17-13/h4-5,8,10,12,15-16H,3,6-7,9H2,1-2H3. The highest BCUT2D eigenvalue weighted by atomic mass is 16.5. The van der Waals surface area contributed by atoms with Gasteiger partial charge in [-0.2, -0.15) is 0 Å². The van der Waals surface area contributed by atoms with Gasteiger partial charge in [-0.25, -0.2) is 0 Å². The molecule has 1 aliphatic heterocycles. The predicted octanol–water partition coefficient (Wildman–Crippen LogP) is 1.88. The van der Waals surface area contributed by atoms with E-state index in [4.69, 9.17) is 9.47 Å². The van der Waals surface area contributed by atoms with E-state index in [2.05, 4.69) is 19.2 Å². The summed E-state index contributed by atoms with van der Waals surface area (Å²) in [5.74, 6) is 1.49. The molecule has 1 aromatic carbocycles. The minimum atomic E-state index is -0.524. The lowest BCUT2D eigenvalue weighted by atomic mass is 10.1. The van der Waals surface area contributed by atoms with Gasteiger partial charge >= 0.3 is 0 Å². The monoisotopic (exact) mass is 251 g/mol. The molecule has 2 rings (SSSR count).